The minimum absolute atomic E-state index is 0.487. The van der Waals surface area contributed by atoms with Crippen LogP contribution in [0.4, 0.5) is 0 Å². The zero-order valence-corrected chi connectivity index (χ0v) is 22.6. The molecule has 3 rings (SSSR count). The van der Waals surface area contributed by atoms with Gasteiger partial charge in [0.1, 0.15) is 17.6 Å². The second-order valence-corrected chi connectivity index (χ2v) is 9.64. The molecule has 37 heavy (non-hydrogen) atoms. The molecule has 0 fully saturated rings. The van der Waals surface area contributed by atoms with Crippen molar-refractivity contribution in [2.24, 2.45) is 0 Å². The number of hydrogen-bond donors (Lipinski definition) is 1. The normalized spacial score (nSPS) is 12.1. The summed E-state index contributed by atoms with van der Waals surface area (Å²) in [5.41, 5.74) is 2.86. The fraction of sp³-hybridized carbons (Fsp3) is 0.484. The standard InChI is InChI=1S/C31H42N2O4/c1-4-6-11-20-33(21-12-7-5-2)29(31(34)35)23-25-15-17-27(18-16-25)36-22-19-28-24(3)37-30(32-28)26-13-9-8-10-14-26/h8-10,13-18,29H,4-7,11-12,19-23H2,1-3H3,(H,34,35)/t29-/m0/s1. The van der Waals surface area contributed by atoms with E-state index < -0.39 is 12.0 Å². The zero-order valence-electron chi connectivity index (χ0n) is 22.6. The van der Waals surface area contributed by atoms with Crippen LogP contribution in [0.1, 0.15) is 69.4 Å². The van der Waals surface area contributed by atoms with Gasteiger partial charge in [-0.05, 0) is 69.1 Å². The first-order chi connectivity index (χ1) is 18.0. The van der Waals surface area contributed by atoms with Crippen LogP contribution in [0, 0.1) is 6.92 Å². The van der Waals surface area contributed by atoms with E-state index >= 15 is 0 Å². The predicted octanol–water partition coefficient (Wildman–Crippen LogP) is 6.95. The molecule has 200 valence electrons. The molecule has 0 amide bonds. The number of ether oxygens (including phenoxy) is 1. The number of oxazole rings is 1. The van der Waals surface area contributed by atoms with Crippen LogP contribution in [0.2, 0.25) is 0 Å². The molecule has 6 heteroatoms. The SMILES string of the molecule is CCCCCN(CCCCC)[C@@H](Cc1ccc(OCCc2nc(-c3ccccc3)oc2C)cc1)C(=O)O. The van der Waals surface area contributed by atoms with Crippen LogP contribution in [-0.2, 0) is 17.6 Å². The van der Waals surface area contributed by atoms with Gasteiger partial charge in [0.25, 0.3) is 0 Å². The van der Waals surface area contributed by atoms with Crippen LogP contribution in [0.15, 0.2) is 59.0 Å². The fourth-order valence-corrected chi connectivity index (χ4v) is 4.50. The smallest absolute Gasteiger partial charge is 0.321 e. The van der Waals surface area contributed by atoms with E-state index in [1.165, 1.54) is 0 Å². The lowest BCUT2D eigenvalue weighted by Crippen LogP contribution is -2.43. The van der Waals surface area contributed by atoms with E-state index in [1.54, 1.807) is 0 Å². The summed E-state index contributed by atoms with van der Waals surface area (Å²) in [5.74, 6) is 1.46. The number of aliphatic carboxylic acids is 1. The highest BCUT2D eigenvalue weighted by Crippen LogP contribution is 2.22. The number of carboxylic acid groups (broad SMARTS) is 1. The Hall–Kier alpha value is -3.12. The Morgan fingerprint density at radius 2 is 1.62 bits per heavy atom. The Morgan fingerprint density at radius 1 is 0.973 bits per heavy atom. The second kappa shape index (κ2) is 15.2. The van der Waals surface area contributed by atoms with Gasteiger partial charge in [-0.3, -0.25) is 9.69 Å². The summed E-state index contributed by atoms with van der Waals surface area (Å²) < 4.78 is 11.8. The van der Waals surface area contributed by atoms with Gasteiger partial charge in [-0.1, -0.05) is 69.9 Å². The van der Waals surface area contributed by atoms with Crippen molar-refractivity contribution in [2.45, 2.75) is 78.2 Å². The Labute approximate surface area is 221 Å². The van der Waals surface area contributed by atoms with E-state index in [4.69, 9.17) is 9.15 Å². The number of aromatic nitrogens is 1. The molecule has 0 saturated carbocycles. The van der Waals surface area contributed by atoms with Crippen molar-refractivity contribution in [1.29, 1.82) is 0 Å². The van der Waals surface area contributed by atoms with Gasteiger partial charge in [0, 0.05) is 12.0 Å². The topological polar surface area (TPSA) is 75.8 Å². The molecule has 3 aromatic rings. The molecular weight excluding hydrogens is 464 g/mol. The molecule has 0 unspecified atom stereocenters. The minimum atomic E-state index is -0.744. The van der Waals surface area contributed by atoms with E-state index in [2.05, 4.69) is 23.7 Å². The van der Waals surface area contributed by atoms with E-state index in [0.717, 1.165) is 79.9 Å². The molecular formula is C31H42N2O4. The monoisotopic (exact) mass is 506 g/mol. The molecule has 0 saturated heterocycles. The fourth-order valence-electron chi connectivity index (χ4n) is 4.50. The molecule has 0 aliphatic carbocycles. The van der Waals surface area contributed by atoms with Crippen LogP contribution in [0.5, 0.6) is 5.75 Å². The quantitative estimate of drug-likeness (QED) is 0.200. The lowest BCUT2D eigenvalue weighted by molar-refractivity contribution is -0.143. The van der Waals surface area contributed by atoms with Gasteiger partial charge in [-0.25, -0.2) is 4.98 Å². The summed E-state index contributed by atoms with van der Waals surface area (Å²) in [6.07, 6.45) is 7.74. The zero-order chi connectivity index (χ0) is 26.5. The van der Waals surface area contributed by atoms with Crippen molar-refractivity contribution >= 4 is 5.97 Å². The number of carboxylic acids is 1. The van der Waals surface area contributed by atoms with Crippen molar-refractivity contribution in [3.05, 3.63) is 71.6 Å². The van der Waals surface area contributed by atoms with Crippen LogP contribution >= 0.6 is 0 Å². The highest BCUT2D eigenvalue weighted by Gasteiger charge is 2.25. The maximum atomic E-state index is 12.2. The highest BCUT2D eigenvalue weighted by atomic mass is 16.5. The van der Waals surface area contributed by atoms with Crippen LogP contribution in [0.25, 0.3) is 11.5 Å². The van der Waals surface area contributed by atoms with Crippen molar-refractivity contribution in [1.82, 2.24) is 9.88 Å². The lowest BCUT2D eigenvalue weighted by atomic mass is 10.0. The van der Waals surface area contributed by atoms with Crippen LogP contribution < -0.4 is 4.74 Å². The summed E-state index contributed by atoms with van der Waals surface area (Å²) in [6.45, 7) is 8.44. The molecule has 1 N–H and O–H groups in total. The number of aryl methyl sites for hydroxylation is 1. The van der Waals surface area contributed by atoms with E-state index in [9.17, 15) is 9.90 Å². The number of benzene rings is 2. The summed E-state index contributed by atoms with van der Waals surface area (Å²) in [6, 6.07) is 17.2. The first kappa shape index (κ1) is 28.5. The molecule has 0 radical (unpaired) electrons. The third kappa shape index (κ3) is 9.04. The van der Waals surface area contributed by atoms with Crippen molar-refractivity contribution < 1.29 is 19.1 Å². The molecule has 1 aromatic heterocycles. The minimum Gasteiger partial charge on any atom is -0.493 e. The summed E-state index contributed by atoms with van der Waals surface area (Å²) in [4.78, 5) is 19.0. The number of carbonyl (C=O) groups is 1. The molecule has 0 spiro atoms. The summed E-state index contributed by atoms with van der Waals surface area (Å²) in [7, 11) is 0. The van der Waals surface area contributed by atoms with Gasteiger partial charge in [0.15, 0.2) is 0 Å². The Balaban J connectivity index is 1.55. The average molecular weight is 507 g/mol. The predicted molar refractivity (Wildman–Crippen MR) is 148 cm³/mol. The second-order valence-electron chi connectivity index (χ2n) is 9.64. The van der Waals surface area contributed by atoms with Gasteiger partial charge in [0.05, 0.1) is 12.3 Å². The Bertz CT molecular complexity index is 1050. The summed E-state index contributed by atoms with van der Waals surface area (Å²) in [5, 5.41) is 10.0. The Morgan fingerprint density at radius 3 is 2.22 bits per heavy atom. The van der Waals surface area contributed by atoms with Gasteiger partial charge in [-0.2, -0.15) is 0 Å². The van der Waals surface area contributed by atoms with Crippen LogP contribution in [0.3, 0.4) is 0 Å². The number of rotatable bonds is 17. The highest BCUT2D eigenvalue weighted by molar-refractivity contribution is 5.74. The first-order valence-electron chi connectivity index (χ1n) is 13.7. The van der Waals surface area contributed by atoms with Gasteiger partial charge >= 0.3 is 5.97 Å². The van der Waals surface area contributed by atoms with E-state index in [0.29, 0.717) is 25.3 Å². The van der Waals surface area contributed by atoms with Gasteiger partial charge < -0.3 is 14.3 Å². The molecule has 0 bridgehead atoms. The molecule has 1 atom stereocenters. The van der Waals surface area contributed by atoms with E-state index in [1.807, 2.05) is 61.5 Å². The van der Waals surface area contributed by atoms with Crippen LogP contribution in [-0.4, -0.2) is 46.7 Å². The van der Waals surface area contributed by atoms with Gasteiger partial charge in [-0.15, -0.1) is 0 Å². The van der Waals surface area contributed by atoms with Gasteiger partial charge in [0.2, 0.25) is 5.89 Å². The van der Waals surface area contributed by atoms with E-state index in [-0.39, 0.29) is 0 Å². The molecule has 1 heterocycles. The molecule has 2 aromatic carbocycles. The number of nitrogens with zero attached hydrogens (tertiary/aromatic N) is 2. The molecule has 6 nitrogen and oxygen atoms in total. The third-order valence-electron chi connectivity index (χ3n) is 6.70. The molecule has 0 aliphatic rings. The largest absolute Gasteiger partial charge is 0.493 e. The van der Waals surface area contributed by atoms with Crippen molar-refractivity contribution in [3.8, 4) is 17.2 Å². The average Bonchev–Trinajstić information content (AvgIpc) is 3.28. The molecule has 0 aliphatic heterocycles. The first-order valence-corrected chi connectivity index (χ1v) is 13.7. The summed E-state index contributed by atoms with van der Waals surface area (Å²) >= 11 is 0. The van der Waals surface area contributed by atoms with Crippen molar-refractivity contribution in [3.63, 3.8) is 0 Å². The lowest BCUT2D eigenvalue weighted by Gasteiger charge is -2.29. The number of unbranched alkanes of at least 4 members (excludes halogenated alkanes) is 4. The maximum absolute atomic E-state index is 12.2. The maximum Gasteiger partial charge on any atom is 0.321 e. The van der Waals surface area contributed by atoms with Crippen molar-refractivity contribution in [2.75, 3.05) is 19.7 Å². The number of hydrogen-bond acceptors (Lipinski definition) is 5. The third-order valence-corrected chi connectivity index (χ3v) is 6.70. The Kier molecular flexibility index (Phi) is 11.7.